The molecule has 1 N–H and O–H groups in total. The number of nitro groups is 1. The average Bonchev–Trinajstić information content (AvgIpc) is 3.10. The first-order valence-electron chi connectivity index (χ1n) is 8.48. The molecule has 0 radical (unpaired) electrons. The van der Waals surface area contributed by atoms with Crippen LogP contribution >= 0.6 is 0 Å². The third-order valence-corrected chi connectivity index (χ3v) is 4.61. The van der Waals surface area contributed by atoms with E-state index in [9.17, 15) is 20.0 Å². The molecule has 2 aromatic carbocycles. The van der Waals surface area contributed by atoms with Crippen LogP contribution in [0, 0.1) is 17.0 Å². The highest BCUT2D eigenvalue weighted by Crippen LogP contribution is 2.37. The molecule has 0 spiro atoms. The largest absolute Gasteiger partial charge is 0.501 e. The van der Waals surface area contributed by atoms with Crippen LogP contribution in [0.1, 0.15) is 27.0 Å². The number of methoxy groups -OCH3 is 1. The smallest absolute Gasteiger partial charge is 0.341 e. The van der Waals surface area contributed by atoms with E-state index in [0.29, 0.717) is 17.5 Å². The van der Waals surface area contributed by atoms with Crippen LogP contribution in [0.4, 0.5) is 5.69 Å². The molecule has 0 fully saturated rings. The van der Waals surface area contributed by atoms with E-state index in [1.807, 2.05) is 37.5 Å². The van der Waals surface area contributed by atoms with Crippen molar-refractivity contribution in [3.63, 3.8) is 0 Å². The number of benzene rings is 2. The first-order chi connectivity index (χ1) is 13.3. The van der Waals surface area contributed by atoms with Gasteiger partial charge in [0.25, 0.3) is 0 Å². The minimum atomic E-state index is -0.825. The van der Waals surface area contributed by atoms with Crippen LogP contribution in [-0.2, 0) is 18.2 Å². The van der Waals surface area contributed by atoms with Crippen LogP contribution in [-0.4, -0.2) is 32.9 Å². The number of rotatable bonds is 5. The molecule has 1 heterocycles. The molecule has 1 aromatic heterocycles. The quantitative estimate of drug-likeness (QED) is 0.412. The Labute approximate surface area is 161 Å². The lowest BCUT2D eigenvalue weighted by atomic mass is 9.95. The molecule has 0 unspecified atom stereocenters. The van der Waals surface area contributed by atoms with E-state index in [1.54, 1.807) is 17.8 Å². The third-order valence-electron chi connectivity index (χ3n) is 4.61. The minimum Gasteiger partial charge on any atom is -0.501 e. The molecule has 28 heavy (non-hydrogen) atoms. The highest BCUT2D eigenvalue weighted by molar-refractivity contribution is 5.94. The average molecular weight is 381 g/mol. The van der Waals surface area contributed by atoms with Gasteiger partial charge in [0.15, 0.2) is 0 Å². The standard InChI is InChI=1S/C20H19N3O5/c1-12-15(9-17(20(25)28-3)19(24)18(12)23(26)27)8-13-4-6-14(7-5-13)16-10-21-22(2)11-16/h4-7,9-11,24H,8H2,1-3H3. The Bertz CT molecular complexity index is 1050. The number of phenols is 1. The van der Waals surface area contributed by atoms with Crippen molar-refractivity contribution < 1.29 is 19.6 Å². The maximum absolute atomic E-state index is 11.9. The fourth-order valence-corrected chi connectivity index (χ4v) is 3.09. The Hall–Kier alpha value is -3.68. The molecule has 3 aromatic rings. The molecule has 8 nitrogen and oxygen atoms in total. The highest BCUT2D eigenvalue weighted by Gasteiger charge is 2.27. The molecular weight excluding hydrogens is 362 g/mol. The number of aromatic nitrogens is 2. The van der Waals surface area contributed by atoms with Crippen LogP contribution in [0.2, 0.25) is 0 Å². The van der Waals surface area contributed by atoms with Gasteiger partial charge in [0.05, 0.1) is 18.2 Å². The minimum absolute atomic E-state index is 0.221. The molecule has 3 rings (SSSR count). The van der Waals surface area contributed by atoms with E-state index in [0.717, 1.165) is 23.8 Å². The molecule has 0 amide bonds. The van der Waals surface area contributed by atoms with Crippen molar-refractivity contribution in [2.75, 3.05) is 7.11 Å². The summed E-state index contributed by atoms with van der Waals surface area (Å²) in [7, 11) is 3.00. The SMILES string of the molecule is COC(=O)c1cc(Cc2ccc(-c3cnn(C)c3)cc2)c(C)c([N+](=O)[O-])c1O. The summed E-state index contributed by atoms with van der Waals surface area (Å²) in [6.45, 7) is 1.55. The second-order valence-electron chi connectivity index (χ2n) is 6.43. The van der Waals surface area contributed by atoms with E-state index < -0.39 is 22.3 Å². The Balaban J connectivity index is 1.98. The molecule has 8 heteroatoms. The summed E-state index contributed by atoms with van der Waals surface area (Å²) in [4.78, 5) is 22.6. The van der Waals surface area contributed by atoms with Gasteiger partial charge in [-0.3, -0.25) is 14.8 Å². The molecule has 0 aliphatic carbocycles. The zero-order valence-electron chi connectivity index (χ0n) is 15.7. The van der Waals surface area contributed by atoms with E-state index in [2.05, 4.69) is 9.84 Å². The van der Waals surface area contributed by atoms with Crippen molar-refractivity contribution >= 4 is 11.7 Å². The molecule has 0 aliphatic rings. The van der Waals surface area contributed by atoms with Crippen molar-refractivity contribution in [2.45, 2.75) is 13.3 Å². The summed E-state index contributed by atoms with van der Waals surface area (Å²) in [6.07, 6.45) is 4.04. The number of hydrogen-bond donors (Lipinski definition) is 1. The van der Waals surface area contributed by atoms with Gasteiger partial charge in [0.2, 0.25) is 5.75 Å². The maximum atomic E-state index is 11.9. The topological polar surface area (TPSA) is 107 Å². The second-order valence-corrected chi connectivity index (χ2v) is 6.43. The predicted octanol–water partition coefficient (Wildman–Crippen LogP) is 3.39. The van der Waals surface area contributed by atoms with Gasteiger partial charge in [0.1, 0.15) is 5.56 Å². The van der Waals surface area contributed by atoms with Gasteiger partial charge in [0, 0.05) is 24.4 Å². The summed E-state index contributed by atoms with van der Waals surface area (Å²) < 4.78 is 6.35. The van der Waals surface area contributed by atoms with Crippen LogP contribution in [0.5, 0.6) is 5.75 Å². The van der Waals surface area contributed by atoms with Gasteiger partial charge in [-0.05, 0) is 36.1 Å². The number of phenolic OH excluding ortho intramolecular Hbond substituents is 1. The Morgan fingerprint density at radius 3 is 2.50 bits per heavy atom. The van der Waals surface area contributed by atoms with Crippen molar-refractivity contribution in [3.05, 3.63) is 75.1 Å². The van der Waals surface area contributed by atoms with Gasteiger partial charge < -0.3 is 9.84 Å². The van der Waals surface area contributed by atoms with E-state index in [1.165, 1.54) is 6.07 Å². The lowest BCUT2D eigenvalue weighted by Gasteiger charge is -2.12. The molecule has 144 valence electrons. The van der Waals surface area contributed by atoms with Crippen molar-refractivity contribution in [1.82, 2.24) is 9.78 Å². The number of carbonyl (C=O) groups is 1. The summed E-state index contributed by atoms with van der Waals surface area (Å²) in [6, 6.07) is 9.16. The number of hydrogen-bond acceptors (Lipinski definition) is 6. The molecule has 0 saturated carbocycles. The Morgan fingerprint density at radius 2 is 1.96 bits per heavy atom. The second kappa shape index (κ2) is 7.51. The highest BCUT2D eigenvalue weighted by atomic mass is 16.6. The van der Waals surface area contributed by atoms with E-state index in [-0.39, 0.29) is 5.56 Å². The first kappa shape index (κ1) is 19.1. The molecule has 0 aliphatic heterocycles. The number of esters is 1. The van der Waals surface area contributed by atoms with Crippen molar-refractivity contribution in [1.29, 1.82) is 0 Å². The molecule has 0 bridgehead atoms. The summed E-state index contributed by atoms with van der Waals surface area (Å²) >= 11 is 0. The predicted molar refractivity (Wildman–Crippen MR) is 102 cm³/mol. The van der Waals surface area contributed by atoms with Crippen LogP contribution in [0.3, 0.4) is 0 Å². The zero-order valence-corrected chi connectivity index (χ0v) is 15.7. The molecule has 0 atom stereocenters. The molecule has 0 saturated heterocycles. The lowest BCUT2D eigenvalue weighted by molar-refractivity contribution is -0.386. The van der Waals surface area contributed by atoms with Crippen molar-refractivity contribution in [3.8, 4) is 16.9 Å². The monoisotopic (exact) mass is 381 g/mol. The van der Waals surface area contributed by atoms with E-state index >= 15 is 0 Å². The maximum Gasteiger partial charge on any atom is 0.341 e. The van der Waals surface area contributed by atoms with Crippen LogP contribution in [0.15, 0.2) is 42.7 Å². The zero-order chi connectivity index (χ0) is 20.4. The molecular formula is C20H19N3O5. The summed E-state index contributed by atoms with van der Waals surface area (Å²) in [5, 5.41) is 25.7. The van der Waals surface area contributed by atoms with Gasteiger partial charge in [-0.15, -0.1) is 0 Å². The number of carbonyl (C=O) groups excluding carboxylic acids is 1. The van der Waals surface area contributed by atoms with Crippen LogP contribution in [0.25, 0.3) is 11.1 Å². The normalized spacial score (nSPS) is 10.7. The van der Waals surface area contributed by atoms with E-state index in [4.69, 9.17) is 0 Å². The number of nitro benzene ring substituents is 1. The lowest BCUT2D eigenvalue weighted by Crippen LogP contribution is -2.07. The fourth-order valence-electron chi connectivity index (χ4n) is 3.09. The van der Waals surface area contributed by atoms with Gasteiger partial charge in [-0.25, -0.2) is 4.79 Å². The summed E-state index contributed by atoms with van der Waals surface area (Å²) in [5.41, 5.74) is 3.07. The Morgan fingerprint density at radius 1 is 1.29 bits per heavy atom. The van der Waals surface area contributed by atoms with Crippen molar-refractivity contribution in [2.24, 2.45) is 7.05 Å². The number of aromatic hydroxyl groups is 1. The number of nitrogens with zero attached hydrogens (tertiary/aromatic N) is 3. The third kappa shape index (κ3) is 3.57. The number of ether oxygens (including phenoxy) is 1. The first-order valence-corrected chi connectivity index (χ1v) is 8.48. The van der Waals surface area contributed by atoms with Gasteiger partial charge >= 0.3 is 11.7 Å². The van der Waals surface area contributed by atoms with Gasteiger partial charge in [-0.2, -0.15) is 5.10 Å². The number of aryl methyl sites for hydroxylation is 1. The fraction of sp³-hybridized carbons (Fsp3) is 0.200. The summed E-state index contributed by atoms with van der Waals surface area (Å²) in [5.74, 6) is -1.50. The Kier molecular flexibility index (Phi) is 5.12. The van der Waals surface area contributed by atoms with Gasteiger partial charge in [-0.1, -0.05) is 24.3 Å². The van der Waals surface area contributed by atoms with Crippen LogP contribution < -0.4 is 0 Å².